The van der Waals surface area contributed by atoms with Crippen molar-refractivity contribution in [3.63, 3.8) is 0 Å². The highest BCUT2D eigenvalue weighted by Gasteiger charge is 2.35. The molecule has 3 heterocycles. The minimum atomic E-state index is -4.44. The Morgan fingerprint density at radius 1 is 1.14 bits per heavy atom. The molecule has 0 radical (unpaired) electrons. The van der Waals surface area contributed by atoms with Crippen molar-refractivity contribution in [1.82, 2.24) is 29.8 Å². The molecule has 1 aliphatic rings. The van der Waals surface area contributed by atoms with Gasteiger partial charge in [0.25, 0.3) is 5.91 Å². The van der Waals surface area contributed by atoms with E-state index in [1.54, 1.807) is 29.4 Å². The topological polar surface area (TPSA) is 85.6 Å². The molecule has 1 N–H and O–H groups in total. The normalized spacial score (nSPS) is 19.1. The standard InChI is InChI=1S/C18H15F3N6O/c19-18(20,21)14-2-1-11(9-24-14)12-7-13(8-12)25-17(28)16-23-4-3-15(26-16)27-6-5-22-10-27/h1-6,9-10,12-13H,7-8H2,(H,25,28)/t12-,13-. The molecule has 144 valence electrons. The summed E-state index contributed by atoms with van der Waals surface area (Å²) in [6.45, 7) is 0. The number of nitrogens with zero attached hydrogens (tertiary/aromatic N) is 5. The minimum Gasteiger partial charge on any atom is -0.347 e. The lowest BCUT2D eigenvalue weighted by Crippen LogP contribution is -2.44. The first-order valence-electron chi connectivity index (χ1n) is 8.55. The van der Waals surface area contributed by atoms with Crippen molar-refractivity contribution in [2.24, 2.45) is 0 Å². The molecule has 1 aliphatic carbocycles. The van der Waals surface area contributed by atoms with E-state index in [2.05, 4.69) is 25.3 Å². The predicted molar refractivity (Wildman–Crippen MR) is 91.6 cm³/mol. The Kier molecular flexibility index (Phi) is 4.54. The summed E-state index contributed by atoms with van der Waals surface area (Å²) in [5, 5.41) is 2.85. The maximum Gasteiger partial charge on any atom is 0.433 e. The lowest BCUT2D eigenvalue weighted by molar-refractivity contribution is -0.141. The van der Waals surface area contributed by atoms with Gasteiger partial charge in [0.05, 0.1) is 0 Å². The average Bonchev–Trinajstić information content (AvgIpc) is 3.18. The van der Waals surface area contributed by atoms with Gasteiger partial charge >= 0.3 is 6.18 Å². The summed E-state index contributed by atoms with van der Waals surface area (Å²) in [5.41, 5.74) is -0.174. The summed E-state index contributed by atoms with van der Waals surface area (Å²) in [6.07, 6.45) is 4.43. The van der Waals surface area contributed by atoms with Crippen LogP contribution in [0.15, 0.2) is 49.3 Å². The molecular formula is C18H15F3N6O. The van der Waals surface area contributed by atoms with E-state index in [0.29, 0.717) is 18.7 Å². The van der Waals surface area contributed by atoms with Crippen LogP contribution in [-0.4, -0.2) is 36.5 Å². The number of carbonyl (C=O) groups excluding carboxylic acids is 1. The molecule has 3 aromatic heterocycles. The van der Waals surface area contributed by atoms with Crippen LogP contribution in [0.1, 0.15) is 40.6 Å². The zero-order valence-corrected chi connectivity index (χ0v) is 14.5. The molecule has 7 nitrogen and oxygen atoms in total. The Hall–Kier alpha value is -3.30. The van der Waals surface area contributed by atoms with E-state index in [1.807, 2.05) is 0 Å². The highest BCUT2D eigenvalue weighted by Crippen LogP contribution is 2.37. The van der Waals surface area contributed by atoms with Crippen molar-refractivity contribution >= 4 is 5.91 Å². The molecule has 4 rings (SSSR count). The van der Waals surface area contributed by atoms with Gasteiger partial charge in [-0.1, -0.05) is 6.07 Å². The molecule has 10 heteroatoms. The van der Waals surface area contributed by atoms with E-state index in [9.17, 15) is 18.0 Å². The molecule has 28 heavy (non-hydrogen) atoms. The molecule has 3 aromatic rings. The third-order valence-corrected chi connectivity index (χ3v) is 4.63. The van der Waals surface area contributed by atoms with Crippen LogP contribution >= 0.6 is 0 Å². The summed E-state index contributed by atoms with van der Waals surface area (Å²) in [5.74, 6) is 0.250. The zero-order chi connectivity index (χ0) is 19.7. The zero-order valence-electron chi connectivity index (χ0n) is 14.5. The summed E-state index contributed by atoms with van der Waals surface area (Å²) < 4.78 is 39.4. The van der Waals surface area contributed by atoms with Crippen molar-refractivity contribution in [2.75, 3.05) is 0 Å². The lowest BCUT2D eigenvalue weighted by atomic mass is 9.76. The number of amides is 1. The number of rotatable bonds is 4. The summed E-state index contributed by atoms with van der Waals surface area (Å²) in [7, 11) is 0. The number of carbonyl (C=O) groups is 1. The maximum absolute atomic E-state index is 12.6. The molecule has 0 unspecified atom stereocenters. The van der Waals surface area contributed by atoms with Gasteiger partial charge in [0.15, 0.2) is 0 Å². The van der Waals surface area contributed by atoms with E-state index in [-0.39, 0.29) is 17.8 Å². The van der Waals surface area contributed by atoms with E-state index in [4.69, 9.17) is 0 Å². The van der Waals surface area contributed by atoms with Crippen LogP contribution < -0.4 is 5.32 Å². The average molecular weight is 388 g/mol. The number of pyridine rings is 1. The van der Waals surface area contributed by atoms with Gasteiger partial charge in [-0.05, 0) is 36.5 Å². The van der Waals surface area contributed by atoms with Crippen LogP contribution in [0.5, 0.6) is 0 Å². The third-order valence-electron chi connectivity index (χ3n) is 4.63. The van der Waals surface area contributed by atoms with Crippen molar-refractivity contribution < 1.29 is 18.0 Å². The SMILES string of the molecule is O=C(N[C@H]1C[C@H](c2ccc(C(F)(F)F)nc2)C1)c1nccc(-n2ccnc2)n1. The minimum absolute atomic E-state index is 0.0471. The smallest absolute Gasteiger partial charge is 0.347 e. The van der Waals surface area contributed by atoms with E-state index in [1.165, 1.54) is 18.5 Å². The lowest BCUT2D eigenvalue weighted by Gasteiger charge is -2.35. The van der Waals surface area contributed by atoms with Crippen molar-refractivity contribution in [3.8, 4) is 5.82 Å². The van der Waals surface area contributed by atoms with Crippen LogP contribution in [0.4, 0.5) is 13.2 Å². The van der Waals surface area contributed by atoms with Crippen molar-refractivity contribution in [3.05, 3.63) is 66.4 Å². The maximum atomic E-state index is 12.6. The number of hydrogen-bond donors (Lipinski definition) is 1. The van der Waals surface area contributed by atoms with Gasteiger partial charge in [-0.3, -0.25) is 14.3 Å². The van der Waals surface area contributed by atoms with E-state index < -0.39 is 17.8 Å². The van der Waals surface area contributed by atoms with Gasteiger partial charge in [0.2, 0.25) is 5.82 Å². The first kappa shape index (κ1) is 18.1. The molecule has 1 fully saturated rings. The second kappa shape index (κ2) is 7.02. The van der Waals surface area contributed by atoms with E-state index >= 15 is 0 Å². The summed E-state index contributed by atoms with van der Waals surface area (Å²) in [4.78, 5) is 28.0. The number of nitrogens with one attached hydrogen (secondary N) is 1. The monoisotopic (exact) mass is 388 g/mol. The van der Waals surface area contributed by atoms with Crippen LogP contribution in [0.3, 0.4) is 0 Å². The Balaban J connectivity index is 1.35. The van der Waals surface area contributed by atoms with Gasteiger partial charge in [0.1, 0.15) is 17.8 Å². The van der Waals surface area contributed by atoms with Gasteiger partial charge in [-0.25, -0.2) is 15.0 Å². The third kappa shape index (κ3) is 3.71. The Labute approximate surface area is 157 Å². The molecule has 0 bridgehead atoms. The Morgan fingerprint density at radius 3 is 2.61 bits per heavy atom. The Bertz CT molecular complexity index is 966. The summed E-state index contributed by atoms with van der Waals surface area (Å²) >= 11 is 0. The molecule has 0 atom stereocenters. The van der Waals surface area contributed by atoms with Crippen molar-refractivity contribution in [2.45, 2.75) is 31.0 Å². The number of halogens is 3. The van der Waals surface area contributed by atoms with Gasteiger partial charge in [-0.15, -0.1) is 0 Å². The Morgan fingerprint density at radius 2 is 1.96 bits per heavy atom. The largest absolute Gasteiger partial charge is 0.433 e. The number of alkyl halides is 3. The van der Waals surface area contributed by atoms with Crippen LogP contribution in [-0.2, 0) is 6.18 Å². The van der Waals surface area contributed by atoms with Gasteiger partial charge in [-0.2, -0.15) is 13.2 Å². The van der Waals surface area contributed by atoms with Crippen LogP contribution in [0.2, 0.25) is 0 Å². The van der Waals surface area contributed by atoms with Gasteiger partial charge in [0, 0.05) is 30.8 Å². The predicted octanol–water partition coefficient (Wildman–Crippen LogP) is 2.75. The van der Waals surface area contributed by atoms with Crippen LogP contribution in [0, 0.1) is 0 Å². The quantitative estimate of drug-likeness (QED) is 0.743. The molecule has 0 aliphatic heterocycles. The molecule has 1 saturated carbocycles. The fourth-order valence-electron chi connectivity index (χ4n) is 3.07. The number of imidazole rings is 1. The fraction of sp³-hybridized carbons (Fsp3) is 0.278. The molecule has 0 spiro atoms. The highest BCUT2D eigenvalue weighted by molar-refractivity contribution is 5.90. The first-order chi connectivity index (χ1) is 13.4. The molecule has 0 aromatic carbocycles. The second-order valence-electron chi connectivity index (χ2n) is 6.52. The molecule has 0 saturated heterocycles. The first-order valence-corrected chi connectivity index (χ1v) is 8.55. The van der Waals surface area contributed by atoms with E-state index in [0.717, 1.165) is 11.6 Å². The number of hydrogen-bond acceptors (Lipinski definition) is 5. The van der Waals surface area contributed by atoms with Crippen LogP contribution in [0.25, 0.3) is 5.82 Å². The highest BCUT2D eigenvalue weighted by atomic mass is 19.4. The van der Waals surface area contributed by atoms with Gasteiger partial charge < -0.3 is 5.32 Å². The number of aromatic nitrogens is 5. The molecule has 1 amide bonds. The fourth-order valence-corrected chi connectivity index (χ4v) is 3.07. The second-order valence-corrected chi connectivity index (χ2v) is 6.52. The summed E-state index contributed by atoms with van der Waals surface area (Å²) in [6, 6.07) is 4.00. The van der Waals surface area contributed by atoms with Crippen molar-refractivity contribution in [1.29, 1.82) is 0 Å². The molecular weight excluding hydrogens is 373 g/mol.